The Kier molecular flexibility index (Phi) is 2.58. The highest BCUT2D eigenvalue weighted by Gasteiger charge is 2.26. The number of rotatable bonds is 0. The summed E-state index contributed by atoms with van der Waals surface area (Å²) in [5.41, 5.74) is 2.79. The summed E-state index contributed by atoms with van der Waals surface area (Å²) in [6.45, 7) is 3.61. The molecule has 1 aliphatic carbocycles. The fourth-order valence-electron chi connectivity index (χ4n) is 2.53. The van der Waals surface area contributed by atoms with E-state index in [0.717, 1.165) is 11.5 Å². The van der Waals surface area contributed by atoms with E-state index in [0.29, 0.717) is 24.0 Å². The number of halogens is 1. The standard InChI is InChI=1S/C13H15BrO2/c1-8-2-3-11(14)10-7-13-12(6-9(8)10)15-4-5-16-13/h6-8,11H,2-5H2,1H3. The zero-order chi connectivity index (χ0) is 11.1. The van der Waals surface area contributed by atoms with Crippen LogP contribution in [0.5, 0.6) is 11.5 Å². The van der Waals surface area contributed by atoms with Crippen molar-refractivity contribution in [3.05, 3.63) is 23.3 Å². The molecule has 0 fully saturated rings. The van der Waals surface area contributed by atoms with Crippen molar-refractivity contribution < 1.29 is 9.47 Å². The highest BCUT2D eigenvalue weighted by molar-refractivity contribution is 9.09. The zero-order valence-electron chi connectivity index (χ0n) is 9.33. The monoisotopic (exact) mass is 282 g/mol. The van der Waals surface area contributed by atoms with Gasteiger partial charge >= 0.3 is 0 Å². The van der Waals surface area contributed by atoms with Crippen LogP contribution in [0.3, 0.4) is 0 Å². The Hall–Kier alpha value is -0.700. The van der Waals surface area contributed by atoms with Crippen LogP contribution in [0.15, 0.2) is 12.1 Å². The van der Waals surface area contributed by atoms with Crippen molar-refractivity contribution >= 4 is 15.9 Å². The minimum Gasteiger partial charge on any atom is -0.486 e. The first-order valence-corrected chi connectivity index (χ1v) is 6.75. The smallest absolute Gasteiger partial charge is 0.161 e. The molecule has 0 aromatic heterocycles. The molecule has 0 spiro atoms. The molecule has 2 unspecified atom stereocenters. The maximum absolute atomic E-state index is 5.63. The second-order valence-corrected chi connectivity index (χ2v) is 5.68. The highest BCUT2D eigenvalue weighted by atomic mass is 79.9. The molecule has 2 aliphatic rings. The third-order valence-corrected chi connectivity index (χ3v) is 4.42. The minimum atomic E-state index is 0.467. The molecule has 1 aliphatic heterocycles. The first-order chi connectivity index (χ1) is 7.75. The van der Waals surface area contributed by atoms with Gasteiger partial charge in [-0.2, -0.15) is 0 Å². The van der Waals surface area contributed by atoms with Gasteiger partial charge in [0.05, 0.1) is 0 Å². The predicted molar refractivity (Wildman–Crippen MR) is 66.7 cm³/mol. The summed E-state index contributed by atoms with van der Waals surface area (Å²) >= 11 is 3.75. The third-order valence-electron chi connectivity index (χ3n) is 3.47. The Balaban J connectivity index is 2.11. The van der Waals surface area contributed by atoms with E-state index < -0.39 is 0 Å². The topological polar surface area (TPSA) is 18.5 Å². The van der Waals surface area contributed by atoms with Crippen molar-refractivity contribution in [2.24, 2.45) is 0 Å². The number of benzene rings is 1. The summed E-state index contributed by atoms with van der Waals surface area (Å²) in [6.07, 6.45) is 2.44. The second-order valence-electron chi connectivity index (χ2n) is 4.57. The molecule has 1 aromatic carbocycles. The van der Waals surface area contributed by atoms with Crippen molar-refractivity contribution in [3.8, 4) is 11.5 Å². The fourth-order valence-corrected chi connectivity index (χ4v) is 3.19. The molecule has 2 nitrogen and oxygen atoms in total. The molecule has 0 amide bonds. The Morgan fingerprint density at radius 2 is 1.69 bits per heavy atom. The minimum absolute atomic E-state index is 0.467. The summed E-state index contributed by atoms with van der Waals surface area (Å²) in [4.78, 5) is 0.467. The van der Waals surface area contributed by atoms with E-state index in [1.165, 1.54) is 24.0 Å². The van der Waals surface area contributed by atoms with Gasteiger partial charge in [0.15, 0.2) is 11.5 Å². The molecule has 1 heterocycles. The number of ether oxygens (including phenoxy) is 2. The maximum atomic E-state index is 5.63. The molecule has 2 atom stereocenters. The summed E-state index contributed by atoms with van der Waals surface area (Å²) in [5.74, 6) is 2.45. The molecule has 0 saturated carbocycles. The SMILES string of the molecule is CC1CCC(Br)c2cc3c(cc21)OCCO3. The molecule has 16 heavy (non-hydrogen) atoms. The third kappa shape index (κ3) is 1.61. The lowest BCUT2D eigenvalue weighted by Gasteiger charge is -2.29. The molecule has 0 N–H and O–H groups in total. The van der Waals surface area contributed by atoms with Crippen LogP contribution in [-0.2, 0) is 0 Å². The van der Waals surface area contributed by atoms with E-state index in [-0.39, 0.29) is 0 Å². The van der Waals surface area contributed by atoms with Crippen molar-refractivity contribution in [1.82, 2.24) is 0 Å². The quantitative estimate of drug-likeness (QED) is 0.674. The summed E-state index contributed by atoms with van der Waals surface area (Å²) in [6, 6.07) is 4.32. The largest absolute Gasteiger partial charge is 0.486 e. The predicted octanol–water partition coefficient (Wildman–Crippen LogP) is 3.79. The molecule has 0 radical (unpaired) electrons. The first kappa shape index (κ1) is 10.5. The van der Waals surface area contributed by atoms with E-state index in [1.54, 1.807) is 0 Å². The van der Waals surface area contributed by atoms with Crippen LogP contribution < -0.4 is 9.47 Å². The van der Waals surface area contributed by atoms with Crippen LogP contribution >= 0.6 is 15.9 Å². The maximum Gasteiger partial charge on any atom is 0.161 e. The van der Waals surface area contributed by atoms with Crippen LogP contribution in [0, 0.1) is 0 Å². The number of alkyl halides is 1. The number of fused-ring (bicyclic) bond motifs is 2. The molecule has 0 bridgehead atoms. The van der Waals surface area contributed by atoms with E-state index in [1.807, 2.05) is 0 Å². The lowest BCUT2D eigenvalue weighted by Crippen LogP contribution is -2.17. The Bertz CT molecular complexity index is 378. The van der Waals surface area contributed by atoms with Gasteiger partial charge in [0.1, 0.15) is 13.2 Å². The zero-order valence-corrected chi connectivity index (χ0v) is 10.9. The van der Waals surface area contributed by atoms with Gasteiger partial charge < -0.3 is 9.47 Å². The highest BCUT2D eigenvalue weighted by Crippen LogP contribution is 2.46. The van der Waals surface area contributed by atoms with Gasteiger partial charge in [-0.3, -0.25) is 0 Å². The van der Waals surface area contributed by atoms with Crippen molar-refractivity contribution in [2.75, 3.05) is 13.2 Å². The number of hydrogen-bond acceptors (Lipinski definition) is 2. The van der Waals surface area contributed by atoms with Crippen molar-refractivity contribution in [2.45, 2.75) is 30.5 Å². The Morgan fingerprint density at radius 1 is 1.06 bits per heavy atom. The lowest BCUT2D eigenvalue weighted by atomic mass is 9.83. The second kappa shape index (κ2) is 3.95. The van der Waals surface area contributed by atoms with Crippen molar-refractivity contribution in [1.29, 1.82) is 0 Å². The van der Waals surface area contributed by atoms with Gasteiger partial charge in [-0.05, 0) is 42.0 Å². The van der Waals surface area contributed by atoms with Crippen LogP contribution in [-0.4, -0.2) is 13.2 Å². The van der Waals surface area contributed by atoms with E-state index in [2.05, 4.69) is 35.0 Å². The van der Waals surface area contributed by atoms with Crippen LogP contribution in [0.2, 0.25) is 0 Å². The van der Waals surface area contributed by atoms with Gasteiger partial charge in [-0.25, -0.2) is 0 Å². The van der Waals surface area contributed by atoms with E-state index in [4.69, 9.17) is 9.47 Å². The molecule has 3 rings (SSSR count). The fraction of sp³-hybridized carbons (Fsp3) is 0.538. The van der Waals surface area contributed by atoms with Crippen LogP contribution in [0.25, 0.3) is 0 Å². The molecule has 86 valence electrons. The normalized spacial score (nSPS) is 27.4. The first-order valence-electron chi connectivity index (χ1n) is 5.83. The van der Waals surface area contributed by atoms with Gasteiger partial charge in [0.2, 0.25) is 0 Å². The average molecular weight is 283 g/mol. The molecular formula is C13H15BrO2. The Morgan fingerprint density at radius 3 is 2.38 bits per heavy atom. The Labute approximate surface area is 104 Å². The average Bonchev–Trinajstić information content (AvgIpc) is 2.32. The molecule has 3 heteroatoms. The van der Waals surface area contributed by atoms with Crippen molar-refractivity contribution in [3.63, 3.8) is 0 Å². The van der Waals surface area contributed by atoms with Gasteiger partial charge in [-0.1, -0.05) is 22.9 Å². The van der Waals surface area contributed by atoms with Gasteiger partial charge in [0.25, 0.3) is 0 Å². The lowest BCUT2D eigenvalue weighted by molar-refractivity contribution is 0.171. The van der Waals surface area contributed by atoms with Crippen LogP contribution in [0.1, 0.15) is 41.6 Å². The summed E-state index contributed by atoms with van der Waals surface area (Å²) in [7, 11) is 0. The summed E-state index contributed by atoms with van der Waals surface area (Å²) in [5, 5.41) is 0. The molecule has 0 saturated heterocycles. The van der Waals surface area contributed by atoms with E-state index in [9.17, 15) is 0 Å². The van der Waals surface area contributed by atoms with Gasteiger partial charge in [0, 0.05) is 4.83 Å². The van der Waals surface area contributed by atoms with Crippen LogP contribution in [0.4, 0.5) is 0 Å². The van der Waals surface area contributed by atoms with E-state index >= 15 is 0 Å². The molecular weight excluding hydrogens is 268 g/mol. The van der Waals surface area contributed by atoms with Gasteiger partial charge in [-0.15, -0.1) is 0 Å². The summed E-state index contributed by atoms with van der Waals surface area (Å²) < 4.78 is 11.3. The number of hydrogen-bond donors (Lipinski definition) is 0. The molecule has 1 aromatic rings.